The molecule has 0 aromatic carbocycles. The molecular weight excluding hydrogens is 202 g/mol. The molecule has 82 valence electrons. The van der Waals surface area contributed by atoms with Gasteiger partial charge in [-0.05, 0) is 6.42 Å². The smallest absolute Gasteiger partial charge is 0.316 e. The van der Waals surface area contributed by atoms with Gasteiger partial charge in [-0.2, -0.15) is 0 Å². The number of nitrogens with zero attached hydrogens (tertiary/aromatic N) is 2. The molecule has 0 bridgehead atoms. The van der Waals surface area contributed by atoms with Crippen LogP contribution in [-0.4, -0.2) is 30.2 Å². The highest BCUT2D eigenvalue weighted by Crippen LogP contribution is 2.04. The van der Waals surface area contributed by atoms with E-state index in [4.69, 9.17) is 4.74 Å². The zero-order chi connectivity index (χ0) is 11.2. The Morgan fingerprint density at radius 3 is 2.75 bits per heavy atom. The molecule has 0 atom stereocenters. The molecule has 1 N–H and O–H groups in total. The van der Waals surface area contributed by atoms with E-state index in [1.54, 1.807) is 19.5 Å². The van der Waals surface area contributed by atoms with Crippen LogP contribution >= 0.6 is 0 Å². The van der Waals surface area contributed by atoms with Crippen molar-refractivity contribution in [1.29, 1.82) is 0 Å². The van der Waals surface area contributed by atoms with Crippen LogP contribution in [-0.2, 0) is 0 Å². The first-order chi connectivity index (χ1) is 7.88. The molecule has 4 heteroatoms. The molecular formula is C12H13N3O. The lowest BCUT2D eigenvalue weighted by Crippen LogP contribution is -2.19. The number of aromatic nitrogens is 2. The molecule has 0 unspecified atom stereocenters. The maximum Gasteiger partial charge on any atom is 0.316 e. The Kier molecular flexibility index (Phi) is 3.52. The summed E-state index contributed by atoms with van der Waals surface area (Å²) in [6.45, 7) is 1.91. The van der Waals surface area contributed by atoms with E-state index in [0.717, 1.165) is 25.1 Å². The van der Waals surface area contributed by atoms with Crippen LogP contribution in [0.4, 0.5) is 0 Å². The van der Waals surface area contributed by atoms with Crippen LogP contribution in [0.3, 0.4) is 0 Å². The summed E-state index contributed by atoms with van der Waals surface area (Å²) in [5, 5.41) is 3.24. The predicted molar refractivity (Wildman–Crippen MR) is 61.0 cm³/mol. The molecule has 16 heavy (non-hydrogen) atoms. The second kappa shape index (κ2) is 5.29. The van der Waals surface area contributed by atoms with Gasteiger partial charge in [-0.1, -0.05) is 17.9 Å². The second-order valence-corrected chi connectivity index (χ2v) is 3.39. The van der Waals surface area contributed by atoms with E-state index in [1.807, 2.05) is 0 Å². The Labute approximate surface area is 94.8 Å². The molecule has 0 spiro atoms. The quantitative estimate of drug-likeness (QED) is 0.702. The first-order valence-corrected chi connectivity index (χ1v) is 5.16. The highest BCUT2D eigenvalue weighted by molar-refractivity contribution is 5.39. The third-order valence-corrected chi connectivity index (χ3v) is 2.24. The van der Waals surface area contributed by atoms with Crippen LogP contribution in [0.25, 0.3) is 0 Å². The van der Waals surface area contributed by atoms with Gasteiger partial charge >= 0.3 is 6.01 Å². The van der Waals surface area contributed by atoms with Gasteiger partial charge in [0.25, 0.3) is 0 Å². The van der Waals surface area contributed by atoms with Gasteiger partial charge < -0.3 is 10.1 Å². The van der Waals surface area contributed by atoms with Crippen LogP contribution in [0.15, 0.2) is 24.0 Å². The minimum atomic E-state index is 0.367. The first-order valence-electron chi connectivity index (χ1n) is 5.16. The Bertz CT molecular complexity index is 440. The summed E-state index contributed by atoms with van der Waals surface area (Å²) in [7, 11) is 1.54. The highest BCUT2D eigenvalue weighted by atomic mass is 16.5. The lowest BCUT2D eigenvalue weighted by molar-refractivity contribution is 0.379. The summed E-state index contributed by atoms with van der Waals surface area (Å²) in [5.74, 6) is 6.16. The molecule has 0 fully saturated rings. The van der Waals surface area contributed by atoms with Crippen LogP contribution in [0.2, 0.25) is 0 Å². The fourth-order valence-corrected chi connectivity index (χ4v) is 1.37. The van der Waals surface area contributed by atoms with Crippen molar-refractivity contribution in [2.24, 2.45) is 0 Å². The lowest BCUT2D eigenvalue weighted by Gasteiger charge is -2.07. The van der Waals surface area contributed by atoms with Crippen LogP contribution in [0, 0.1) is 11.8 Å². The van der Waals surface area contributed by atoms with Crippen molar-refractivity contribution in [3.63, 3.8) is 0 Å². The van der Waals surface area contributed by atoms with E-state index in [2.05, 4.69) is 33.2 Å². The molecule has 0 saturated carbocycles. The largest absolute Gasteiger partial charge is 0.467 e. The highest BCUT2D eigenvalue weighted by Gasteiger charge is 1.98. The third-order valence-electron chi connectivity index (χ3n) is 2.24. The predicted octanol–water partition coefficient (Wildman–Crippen LogP) is 0.756. The van der Waals surface area contributed by atoms with E-state index in [-0.39, 0.29) is 0 Å². The van der Waals surface area contributed by atoms with Gasteiger partial charge in [0.15, 0.2) is 0 Å². The summed E-state index contributed by atoms with van der Waals surface area (Å²) in [6.07, 6.45) is 6.44. The maximum atomic E-state index is 4.87. The van der Waals surface area contributed by atoms with E-state index in [0.29, 0.717) is 6.01 Å². The number of nitrogens with one attached hydrogen (secondary N) is 1. The molecule has 1 aromatic heterocycles. The SMILES string of the molecule is COc1ncc(C#CC2=CCNCC2)cn1. The molecule has 2 heterocycles. The molecule has 0 radical (unpaired) electrons. The number of hydrogen-bond acceptors (Lipinski definition) is 4. The Hall–Kier alpha value is -1.86. The van der Waals surface area contributed by atoms with Gasteiger partial charge in [-0.3, -0.25) is 0 Å². The summed E-state index contributed by atoms with van der Waals surface area (Å²) < 4.78 is 4.87. The van der Waals surface area contributed by atoms with Gasteiger partial charge in [-0.25, -0.2) is 9.97 Å². The van der Waals surface area contributed by atoms with Crippen molar-refractivity contribution in [3.05, 3.63) is 29.6 Å². The third kappa shape index (κ3) is 2.81. The summed E-state index contributed by atoms with van der Waals surface area (Å²) >= 11 is 0. The van der Waals surface area contributed by atoms with E-state index < -0.39 is 0 Å². The van der Waals surface area contributed by atoms with Crippen molar-refractivity contribution >= 4 is 0 Å². The minimum Gasteiger partial charge on any atom is -0.467 e. The van der Waals surface area contributed by atoms with Crippen molar-refractivity contribution in [3.8, 4) is 17.9 Å². The van der Waals surface area contributed by atoms with Crippen LogP contribution in [0.5, 0.6) is 6.01 Å². The van der Waals surface area contributed by atoms with E-state index >= 15 is 0 Å². The first kappa shape index (κ1) is 10.7. The Morgan fingerprint density at radius 2 is 2.12 bits per heavy atom. The second-order valence-electron chi connectivity index (χ2n) is 3.39. The summed E-state index contributed by atoms with van der Waals surface area (Å²) in [5.41, 5.74) is 1.98. The van der Waals surface area contributed by atoms with Crippen molar-refractivity contribution in [2.75, 3.05) is 20.2 Å². The molecule has 0 aliphatic carbocycles. The monoisotopic (exact) mass is 215 g/mol. The zero-order valence-electron chi connectivity index (χ0n) is 9.16. The molecule has 1 aromatic rings. The number of rotatable bonds is 1. The topological polar surface area (TPSA) is 47.0 Å². The van der Waals surface area contributed by atoms with E-state index in [1.165, 1.54) is 5.57 Å². The average Bonchev–Trinajstić information content (AvgIpc) is 2.38. The normalized spacial score (nSPS) is 14.7. The lowest BCUT2D eigenvalue weighted by atomic mass is 10.1. The molecule has 0 amide bonds. The number of methoxy groups -OCH3 is 1. The zero-order valence-corrected chi connectivity index (χ0v) is 9.16. The molecule has 1 aliphatic heterocycles. The minimum absolute atomic E-state index is 0.367. The number of hydrogen-bond donors (Lipinski definition) is 1. The van der Waals surface area contributed by atoms with Gasteiger partial charge in [0.2, 0.25) is 0 Å². The van der Waals surface area contributed by atoms with Gasteiger partial charge in [0.05, 0.1) is 12.7 Å². The fraction of sp³-hybridized carbons (Fsp3) is 0.333. The number of ether oxygens (including phenoxy) is 1. The van der Waals surface area contributed by atoms with Crippen LogP contribution in [0.1, 0.15) is 12.0 Å². The van der Waals surface area contributed by atoms with Gasteiger partial charge in [0.1, 0.15) is 0 Å². The van der Waals surface area contributed by atoms with Crippen molar-refractivity contribution in [2.45, 2.75) is 6.42 Å². The molecule has 2 rings (SSSR count). The molecule has 4 nitrogen and oxygen atoms in total. The Balaban J connectivity index is 2.08. The molecule has 0 saturated heterocycles. The average molecular weight is 215 g/mol. The maximum absolute atomic E-state index is 4.87. The van der Waals surface area contributed by atoms with Gasteiger partial charge in [0, 0.05) is 31.1 Å². The van der Waals surface area contributed by atoms with Crippen LogP contribution < -0.4 is 10.1 Å². The Morgan fingerprint density at radius 1 is 1.31 bits per heavy atom. The van der Waals surface area contributed by atoms with Crippen molar-refractivity contribution < 1.29 is 4.74 Å². The van der Waals surface area contributed by atoms with Crippen molar-refractivity contribution in [1.82, 2.24) is 15.3 Å². The fourth-order valence-electron chi connectivity index (χ4n) is 1.37. The van der Waals surface area contributed by atoms with E-state index in [9.17, 15) is 0 Å². The summed E-state index contributed by atoms with van der Waals surface area (Å²) in [6, 6.07) is 0.367. The van der Waals surface area contributed by atoms with Gasteiger partial charge in [-0.15, -0.1) is 0 Å². The summed E-state index contributed by atoms with van der Waals surface area (Å²) in [4.78, 5) is 7.99. The molecule has 1 aliphatic rings. The standard InChI is InChI=1S/C12H13N3O/c1-16-12-14-8-11(9-15-12)3-2-10-4-6-13-7-5-10/h4,8-9,13H,5-7H2,1H3.